The first kappa shape index (κ1) is 22.1. The summed E-state index contributed by atoms with van der Waals surface area (Å²) < 4.78 is 10.9. The molecule has 1 aliphatic carbocycles. The summed E-state index contributed by atoms with van der Waals surface area (Å²) in [4.78, 5) is 29.4. The Bertz CT molecular complexity index is 1010. The van der Waals surface area contributed by atoms with Crippen molar-refractivity contribution >= 4 is 23.2 Å². The highest BCUT2D eigenvalue weighted by Gasteiger charge is 2.34. The van der Waals surface area contributed by atoms with Gasteiger partial charge in [-0.05, 0) is 54.1 Å². The molecule has 32 heavy (non-hydrogen) atoms. The van der Waals surface area contributed by atoms with Crippen LogP contribution in [0, 0.1) is 0 Å². The van der Waals surface area contributed by atoms with Crippen molar-refractivity contribution < 1.29 is 18.7 Å². The summed E-state index contributed by atoms with van der Waals surface area (Å²) in [5, 5.41) is 5.08. The maximum atomic E-state index is 13.7. The molecule has 2 amide bonds. The molecule has 1 unspecified atom stereocenters. The van der Waals surface area contributed by atoms with Crippen LogP contribution in [0.3, 0.4) is 0 Å². The molecule has 0 spiro atoms. The second-order valence-corrected chi connectivity index (χ2v) is 8.96. The van der Waals surface area contributed by atoms with Gasteiger partial charge in [-0.25, -0.2) is 0 Å². The monoisotopic (exact) mass is 452 g/mol. The van der Waals surface area contributed by atoms with Crippen molar-refractivity contribution in [1.29, 1.82) is 0 Å². The Morgan fingerprint density at radius 3 is 2.69 bits per heavy atom. The van der Waals surface area contributed by atoms with Gasteiger partial charge in [0.15, 0.2) is 0 Å². The quantitative estimate of drug-likeness (QED) is 0.511. The van der Waals surface area contributed by atoms with Gasteiger partial charge in [-0.3, -0.25) is 9.59 Å². The fourth-order valence-corrected chi connectivity index (χ4v) is 4.88. The molecular weight excluding hydrogens is 424 g/mol. The largest absolute Gasteiger partial charge is 0.497 e. The molecular formula is C25H28N2O4S. The fraction of sp³-hybridized carbons (Fsp3) is 0.360. The van der Waals surface area contributed by atoms with Crippen LogP contribution in [0.1, 0.15) is 59.1 Å². The summed E-state index contributed by atoms with van der Waals surface area (Å²) in [6, 6.07) is 13.9. The molecule has 1 atom stereocenters. The highest BCUT2D eigenvalue weighted by molar-refractivity contribution is 7.12. The summed E-state index contributed by atoms with van der Waals surface area (Å²) in [7, 11) is 1.59. The fourth-order valence-electron chi connectivity index (χ4n) is 4.20. The number of benzene rings is 1. The van der Waals surface area contributed by atoms with Crippen molar-refractivity contribution in [1.82, 2.24) is 10.2 Å². The molecule has 0 saturated heterocycles. The minimum atomic E-state index is -0.813. The second-order valence-electron chi connectivity index (χ2n) is 8.01. The third-order valence-corrected chi connectivity index (χ3v) is 6.68. The zero-order valence-corrected chi connectivity index (χ0v) is 19.0. The number of carbonyl (C=O) groups excluding carboxylic acids is 2. The number of hydrogen-bond donors (Lipinski definition) is 1. The van der Waals surface area contributed by atoms with E-state index in [2.05, 4.69) is 5.32 Å². The number of nitrogens with zero attached hydrogens (tertiary/aromatic N) is 1. The molecule has 0 bridgehead atoms. The first-order valence-electron chi connectivity index (χ1n) is 11.0. The zero-order chi connectivity index (χ0) is 22.3. The maximum absolute atomic E-state index is 13.7. The third kappa shape index (κ3) is 5.22. The average molecular weight is 453 g/mol. The Kier molecular flexibility index (Phi) is 7.27. The van der Waals surface area contributed by atoms with Gasteiger partial charge in [-0.1, -0.05) is 37.5 Å². The van der Waals surface area contributed by atoms with Crippen molar-refractivity contribution in [2.24, 2.45) is 0 Å². The number of carbonyl (C=O) groups is 2. The van der Waals surface area contributed by atoms with Gasteiger partial charge in [-0.15, -0.1) is 11.3 Å². The second kappa shape index (κ2) is 10.5. The van der Waals surface area contributed by atoms with E-state index in [1.165, 1.54) is 17.8 Å². The van der Waals surface area contributed by atoms with Crippen molar-refractivity contribution in [2.45, 2.75) is 50.7 Å². The lowest BCUT2D eigenvalue weighted by molar-refractivity contribution is -0.127. The minimum absolute atomic E-state index is 0.131. The molecule has 4 rings (SSSR count). The molecule has 7 heteroatoms. The Morgan fingerprint density at radius 2 is 2.00 bits per heavy atom. The summed E-state index contributed by atoms with van der Waals surface area (Å²) in [5.41, 5.74) is 0.703. The van der Waals surface area contributed by atoms with E-state index in [1.54, 1.807) is 30.4 Å². The van der Waals surface area contributed by atoms with E-state index in [-0.39, 0.29) is 24.4 Å². The van der Waals surface area contributed by atoms with Gasteiger partial charge in [-0.2, -0.15) is 0 Å². The Balaban J connectivity index is 1.72. The highest BCUT2D eigenvalue weighted by Crippen LogP contribution is 2.30. The molecule has 168 valence electrons. The van der Waals surface area contributed by atoms with E-state index in [0.29, 0.717) is 22.0 Å². The van der Waals surface area contributed by atoms with Crippen molar-refractivity contribution in [2.75, 3.05) is 7.11 Å². The van der Waals surface area contributed by atoms with Crippen LogP contribution in [-0.2, 0) is 11.3 Å². The number of methoxy groups -OCH3 is 1. The molecule has 2 heterocycles. The number of hydrogen-bond acceptors (Lipinski definition) is 5. The van der Waals surface area contributed by atoms with Crippen molar-refractivity contribution in [3.8, 4) is 5.75 Å². The van der Waals surface area contributed by atoms with E-state index in [9.17, 15) is 9.59 Å². The molecule has 0 radical (unpaired) electrons. The van der Waals surface area contributed by atoms with Crippen LogP contribution in [0.4, 0.5) is 0 Å². The number of furan rings is 1. The van der Waals surface area contributed by atoms with Crippen LogP contribution in [0.2, 0.25) is 0 Å². The third-order valence-electron chi connectivity index (χ3n) is 5.82. The predicted octanol–water partition coefficient (Wildman–Crippen LogP) is 5.18. The summed E-state index contributed by atoms with van der Waals surface area (Å²) in [6.45, 7) is 0.184. The number of amides is 2. The first-order valence-corrected chi connectivity index (χ1v) is 11.8. The van der Waals surface area contributed by atoms with E-state index < -0.39 is 6.04 Å². The Morgan fingerprint density at radius 1 is 1.16 bits per heavy atom. The summed E-state index contributed by atoms with van der Waals surface area (Å²) in [5.74, 6) is 0.873. The topological polar surface area (TPSA) is 71.8 Å². The Hall–Kier alpha value is -3.06. The van der Waals surface area contributed by atoms with Crippen LogP contribution >= 0.6 is 11.3 Å². The molecule has 6 nitrogen and oxygen atoms in total. The number of rotatable bonds is 8. The van der Waals surface area contributed by atoms with Gasteiger partial charge in [0, 0.05) is 6.04 Å². The van der Waals surface area contributed by atoms with E-state index in [4.69, 9.17) is 9.15 Å². The van der Waals surface area contributed by atoms with Crippen LogP contribution in [0.5, 0.6) is 5.75 Å². The summed E-state index contributed by atoms with van der Waals surface area (Å²) in [6.07, 6.45) is 6.93. The zero-order valence-electron chi connectivity index (χ0n) is 18.2. The van der Waals surface area contributed by atoms with Gasteiger partial charge in [0.05, 0.1) is 24.8 Å². The molecule has 0 aliphatic heterocycles. The number of nitrogens with one attached hydrogen (secondary N) is 1. The lowest BCUT2D eigenvalue weighted by Crippen LogP contribution is -2.46. The number of thiophene rings is 1. The van der Waals surface area contributed by atoms with E-state index in [1.807, 2.05) is 41.8 Å². The number of ether oxygens (including phenoxy) is 1. The normalized spacial score (nSPS) is 15.2. The van der Waals surface area contributed by atoms with Gasteiger partial charge in [0.1, 0.15) is 17.6 Å². The van der Waals surface area contributed by atoms with Crippen LogP contribution in [0.25, 0.3) is 0 Å². The predicted molar refractivity (Wildman–Crippen MR) is 124 cm³/mol. The first-order chi connectivity index (χ1) is 15.7. The molecule has 3 aromatic rings. The maximum Gasteiger partial charge on any atom is 0.265 e. The molecule has 1 N–H and O–H groups in total. The van der Waals surface area contributed by atoms with Crippen molar-refractivity contribution in [3.63, 3.8) is 0 Å². The van der Waals surface area contributed by atoms with Gasteiger partial charge >= 0.3 is 0 Å². The molecule has 1 fully saturated rings. The standard InChI is InChI=1S/C25H28N2O4S/c1-30-20-11-5-8-18(16-20)23(24(28)26-19-9-3-2-4-10-19)27(17-21-12-6-14-31-21)25(29)22-13-7-15-32-22/h5-8,11-16,19,23H,2-4,9-10,17H2,1H3,(H,26,28). The molecule has 1 saturated carbocycles. The lowest BCUT2D eigenvalue weighted by Gasteiger charge is -2.33. The van der Waals surface area contributed by atoms with Crippen molar-refractivity contribution in [3.05, 3.63) is 76.4 Å². The molecule has 1 aromatic carbocycles. The van der Waals surface area contributed by atoms with Crippen LogP contribution in [0.15, 0.2) is 64.6 Å². The van der Waals surface area contributed by atoms with E-state index in [0.717, 1.165) is 25.7 Å². The highest BCUT2D eigenvalue weighted by atomic mass is 32.1. The smallest absolute Gasteiger partial charge is 0.265 e. The van der Waals surface area contributed by atoms with Crippen LogP contribution < -0.4 is 10.1 Å². The van der Waals surface area contributed by atoms with Gasteiger partial charge < -0.3 is 19.4 Å². The van der Waals surface area contributed by atoms with Gasteiger partial charge in [0.25, 0.3) is 5.91 Å². The average Bonchev–Trinajstić information content (AvgIpc) is 3.54. The Labute approximate surface area is 192 Å². The molecule has 2 aromatic heterocycles. The van der Waals surface area contributed by atoms with Gasteiger partial charge in [0.2, 0.25) is 5.91 Å². The lowest BCUT2D eigenvalue weighted by atomic mass is 9.94. The SMILES string of the molecule is COc1cccc(C(C(=O)NC2CCCCC2)N(Cc2ccco2)C(=O)c2cccs2)c1. The van der Waals surface area contributed by atoms with E-state index >= 15 is 0 Å². The van der Waals surface area contributed by atoms with Crippen LogP contribution in [-0.4, -0.2) is 29.9 Å². The summed E-state index contributed by atoms with van der Waals surface area (Å²) >= 11 is 1.36. The molecule has 1 aliphatic rings. The minimum Gasteiger partial charge on any atom is -0.497 e.